The summed E-state index contributed by atoms with van der Waals surface area (Å²) >= 11 is 0. The fraction of sp³-hybridized carbons (Fsp3) is 0.278. The summed E-state index contributed by atoms with van der Waals surface area (Å²) in [6.07, 6.45) is 3.53. The highest BCUT2D eigenvalue weighted by Crippen LogP contribution is 2.32. The van der Waals surface area contributed by atoms with E-state index in [0.29, 0.717) is 17.8 Å². The number of nitrogens with zero attached hydrogens (tertiary/aromatic N) is 6. The summed E-state index contributed by atoms with van der Waals surface area (Å²) in [6, 6.07) is 9.62. The second-order valence-electron chi connectivity index (χ2n) is 6.70. The maximum atomic E-state index is 13.1. The molecule has 0 spiro atoms. The second kappa shape index (κ2) is 5.62. The van der Waals surface area contributed by atoms with Gasteiger partial charge in [0.1, 0.15) is 5.82 Å². The van der Waals surface area contributed by atoms with Gasteiger partial charge in [0, 0.05) is 12.7 Å². The minimum atomic E-state index is -0.0419. The number of pyridine rings is 1. The normalized spacial score (nSPS) is 17.4. The molecule has 26 heavy (non-hydrogen) atoms. The van der Waals surface area contributed by atoms with Crippen LogP contribution in [-0.2, 0) is 0 Å². The molecule has 1 amide bonds. The maximum Gasteiger partial charge on any atom is 0.256 e. The van der Waals surface area contributed by atoms with Crippen molar-refractivity contribution >= 4 is 22.6 Å². The summed E-state index contributed by atoms with van der Waals surface area (Å²) in [5.41, 5.74) is 4.31. The van der Waals surface area contributed by atoms with Crippen LogP contribution in [0.1, 0.15) is 40.6 Å². The van der Waals surface area contributed by atoms with Crippen LogP contribution in [0.25, 0.3) is 16.7 Å². The molecule has 1 atom stereocenters. The first-order chi connectivity index (χ1) is 12.7. The molecular weight excluding hydrogens is 330 g/mol. The number of benzene rings is 1. The third-order valence-electron chi connectivity index (χ3n) is 4.92. The van der Waals surface area contributed by atoms with E-state index in [4.69, 9.17) is 4.98 Å². The zero-order chi connectivity index (χ0) is 17.7. The number of amides is 1. The van der Waals surface area contributed by atoms with E-state index in [1.165, 1.54) is 10.1 Å². The van der Waals surface area contributed by atoms with E-state index in [1.807, 2.05) is 17.0 Å². The lowest BCUT2D eigenvalue weighted by atomic mass is 10.2. The van der Waals surface area contributed by atoms with E-state index < -0.39 is 0 Å². The minimum Gasteiger partial charge on any atom is -0.340 e. The summed E-state index contributed by atoms with van der Waals surface area (Å²) < 4.78 is 1.52. The Hall–Kier alpha value is -3.29. The Labute approximate surface area is 148 Å². The summed E-state index contributed by atoms with van der Waals surface area (Å²) in [4.78, 5) is 23.1. The Morgan fingerprint density at radius 1 is 1.27 bits per heavy atom. The molecule has 1 N–H and O–H groups in total. The Balaban J connectivity index is 1.49. The molecule has 8 heteroatoms. The molecule has 1 aliphatic heterocycles. The van der Waals surface area contributed by atoms with Crippen molar-refractivity contribution in [3.63, 3.8) is 0 Å². The number of hydrogen-bond acceptors (Lipinski definition) is 5. The zero-order valence-corrected chi connectivity index (χ0v) is 14.3. The van der Waals surface area contributed by atoms with E-state index in [9.17, 15) is 4.79 Å². The van der Waals surface area contributed by atoms with Gasteiger partial charge in [0.25, 0.3) is 5.91 Å². The molecule has 130 valence electrons. The van der Waals surface area contributed by atoms with E-state index in [2.05, 4.69) is 33.5 Å². The van der Waals surface area contributed by atoms with Crippen LogP contribution in [-0.4, -0.2) is 47.4 Å². The fourth-order valence-electron chi connectivity index (χ4n) is 3.63. The van der Waals surface area contributed by atoms with Gasteiger partial charge in [0.05, 0.1) is 22.6 Å². The van der Waals surface area contributed by atoms with Gasteiger partial charge in [0.2, 0.25) is 0 Å². The number of tetrazole rings is 1. The van der Waals surface area contributed by atoms with Gasteiger partial charge in [-0.2, -0.15) is 4.52 Å². The molecule has 0 unspecified atom stereocenters. The first kappa shape index (κ1) is 15.0. The molecule has 0 saturated carbocycles. The molecule has 0 bridgehead atoms. The lowest BCUT2D eigenvalue weighted by Gasteiger charge is -2.23. The van der Waals surface area contributed by atoms with Crippen LogP contribution in [0.2, 0.25) is 0 Å². The Morgan fingerprint density at radius 2 is 2.19 bits per heavy atom. The summed E-state index contributed by atoms with van der Waals surface area (Å²) in [5, 5.41) is 11.4. The predicted molar refractivity (Wildman–Crippen MR) is 94.6 cm³/mol. The molecule has 8 nitrogen and oxygen atoms in total. The number of rotatable bonds is 2. The van der Waals surface area contributed by atoms with E-state index >= 15 is 0 Å². The molecule has 1 fully saturated rings. The summed E-state index contributed by atoms with van der Waals surface area (Å²) in [7, 11) is 0. The SMILES string of the molecule is Cc1ccc2nc([C@H]3CCCN3C(=O)c3ccc4nnnn4c3)[nH]c2c1. The van der Waals surface area contributed by atoms with Gasteiger partial charge in [0.15, 0.2) is 5.65 Å². The van der Waals surface area contributed by atoms with Crippen molar-refractivity contribution in [2.45, 2.75) is 25.8 Å². The van der Waals surface area contributed by atoms with Gasteiger partial charge < -0.3 is 9.88 Å². The molecule has 3 aromatic heterocycles. The van der Waals surface area contributed by atoms with E-state index in [1.54, 1.807) is 18.3 Å². The number of carbonyl (C=O) groups excluding carboxylic acids is 1. The number of aromatic nitrogens is 6. The van der Waals surface area contributed by atoms with Gasteiger partial charge in [-0.15, -0.1) is 5.10 Å². The molecule has 4 aromatic rings. The van der Waals surface area contributed by atoms with Crippen molar-refractivity contribution < 1.29 is 4.79 Å². The third-order valence-corrected chi connectivity index (χ3v) is 4.92. The fourth-order valence-corrected chi connectivity index (χ4v) is 3.63. The number of imidazole rings is 1. The maximum absolute atomic E-state index is 13.1. The molecule has 4 heterocycles. The number of carbonyl (C=O) groups is 1. The van der Waals surface area contributed by atoms with Gasteiger partial charge in [-0.25, -0.2) is 4.98 Å². The number of aryl methyl sites for hydroxylation is 1. The average molecular weight is 347 g/mol. The number of aromatic amines is 1. The van der Waals surface area contributed by atoms with Gasteiger partial charge in [-0.1, -0.05) is 6.07 Å². The van der Waals surface area contributed by atoms with Crippen LogP contribution < -0.4 is 0 Å². The number of fused-ring (bicyclic) bond motifs is 2. The van der Waals surface area contributed by atoms with E-state index in [-0.39, 0.29) is 11.9 Å². The monoisotopic (exact) mass is 347 g/mol. The van der Waals surface area contributed by atoms with Gasteiger partial charge in [-0.3, -0.25) is 4.79 Å². The lowest BCUT2D eigenvalue weighted by molar-refractivity contribution is 0.0730. The molecular formula is C18H17N7O. The lowest BCUT2D eigenvalue weighted by Crippen LogP contribution is -2.31. The number of nitrogens with one attached hydrogen (secondary N) is 1. The van der Waals surface area contributed by atoms with Crippen LogP contribution in [0.3, 0.4) is 0 Å². The van der Waals surface area contributed by atoms with Crippen molar-refractivity contribution in [3.05, 3.63) is 53.5 Å². The van der Waals surface area contributed by atoms with Gasteiger partial charge >= 0.3 is 0 Å². The number of likely N-dealkylation sites (tertiary alicyclic amines) is 1. The van der Waals surface area contributed by atoms with Crippen LogP contribution in [0.5, 0.6) is 0 Å². The Bertz CT molecular complexity index is 1130. The second-order valence-corrected chi connectivity index (χ2v) is 6.70. The summed E-state index contributed by atoms with van der Waals surface area (Å²) in [5.74, 6) is 0.821. The van der Waals surface area contributed by atoms with Crippen molar-refractivity contribution in [3.8, 4) is 0 Å². The molecule has 0 aliphatic carbocycles. The number of H-pyrrole nitrogens is 1. The van der Waals surface area contributed by atoms with Crippen LogP contribution in [0.4, 0.5) is 0 Å². The van der Waals surface area contributed by atoms with Crippen LogP contribution in [0, 0.1) is 6.92 Å². The molecule has 1 saturated heterocycles. The minimum absolute atomic E-state index is 0.0264. The van der Waals surface area contributed by atoms with Crippen LogP contribution in [0.15, 0.2) is 36.5 Å². The quantitative estimate of drug-likeness (QED) is 0.600. The van der Waals surface area contributed by atoms with E-state index in [0.717, 1.165) is 29.7 Å². The molecule has 0 radical (unpaired) electrons. The smallest absolute Gasteiger partial charge is 0.256 e. The number of hydrogen-bond donors (Lipinski definition) is 1. The van der Waals surface area contributed by atoms with Crippen LogP contribution >= 0.6 is 0 Å². The Kier molecular flexibility index (Phi) is 3.24. The molecule has 5 rings (SSSR count). The molecule has 1 aromatic carbocycles. The predicted octanol–water partition coefficient (Wildman–Crippen LogP) is 2.29. The first-order valence-electron chi connectivity index (χ1n) is 8.64. The first-order valence-corrected chi connectivity index (χ1v) is 8.64. The van der Waals surface area contributed by atoms with Crippen molar-refractivity contribution in [1.29, 1.82) is 0 Å². The highest BCUT2D eigenvalue weighted by molar-refractivity contribution is 5.94. The highest BCUT2D eigenvalue weighted by atomic mass is 16.2. The largest absolute Gasteiger partial charge is 0.340 e. The van der Waals surface area contributed by atoms with Crippen molar-refractivity contribution in [1.82, 2.24) is 34.9 Å². The topological polar surface area (TPSA) is 92.1 Å². The highest BCUT2D eigenvalue weighted by Gasteiger charge is 2.33. The standard InChI is InChI=1S/C18H17N7O/c1-11-4-6-13-14(9-11)20-17(19-13)15-3-2-8-24(15)18(26)12-5-7-16-21-22-23-25(16)10-12/h4-7,9-10,15H,2-3,8H2,1H3,(H,19,20)/t15-/m1/s1. The zero-order valence-electron chi connectivity index (χ0n) is 14.3. The molecule has 1 aliphatic rings. The van der Waals surface area contributed by atoms with Crippen molar-refractivity contribution in [2.24, 2.45) is 0 Å². The Morgan fingerprint density at radius 3 is 3.12 bits per heavy atom. The summed E-state index contributed by atoms with van der Waals surface area (Å²) in [6.45, 7) is 2.77. The third kappa shape index (κ3) is 2.33. The van der Waals surface area contributed by atoms with Gasteiger partial charge in [-0.05, 0) is 60.0 Å². The van der Waals surface area contributed by atoms with Crippen molar-refractivity contribution in [2.75, 3.05) is 6.54 Å². The average Bonchev–Trinajstić information content (AvgIpc) is 3.37.